The molecule has 1 saturated carbocycles. The number of rotatable bonds is 4. The van der Waals surface area contributed by atoms with Gasteiger partial charge in [-0.1, -0.05) is 0 Å². The molecule has 0 bridgehead atoms. The van der Waals surface area contributed by atoms with E-state index in [1.807, 2.05) is 0 Å². The Bertz CT molecular complexity index is 236. The second kappa shape index (κ2) is 5.68. The van der Waals surface area contributed by atoms with Crippen LogP contribution in [0.15, 0.2) is 0 Å². The van der Waals surface area contributed by atoms with Gasteiger partial charge in [-0.25, -0.2) is 0 Å². The quantitative estimate of drug-likeness (QED) is 0.805. The van der Waals surface area contributed by atoms with Crippen molar-refractivity contribution in [3.8, 4) is 0 Å². The van der Waals surface area contributed by atoms with Crippen LogP contribution in [-0.4, -0.2) is 49.8 Å². The minimum atomic E-state index is 0.812. The van der Waals surface area contributed by atoms with Crippen molar-refractivity contribution in [2.24, 2.45) is 5.92 Å². The van der Waals surface area contributed by atoms with E-state index < -0.39 is 0 Å². The van der Waals surface area contributed by atoms with E-state index in [0.29, 0.717) is 0 Å². The number of hydrogen-bond acceptors (Lipinski definition) is 3. The highest BCUT2D eigenvalue weighted by atomic mass is 16.5. The van der Waals surface area contributed by atoms with E-state index in [2.05, 4.69) is 10.2 Å². The molecule has 3 nitrogen and oxygen atoms in total. The Labute approximate surface area is 105 Å². The Morgan fingerprint density at radius 1 is 1.06 bits per heavy atom. The maximum absolute atomic E-state index is 5.47. The summed E-state index contributed by atoms with van der Waals surface area (Å²) in [6, 6.07) is 1.68. The van der Waals surface area contributed by atoms with E-state index in [-0.39, 0.29) is 0 Å². The molecule has 0 aromatic rings. The normalized spacial score (nSPS) is 32.8. The zero-order chi connectivity index (χ0) is 11.5. The highest BCUT2D eigenvalue weighted by Gasteiger charge is 2.28. The van der Waals surface area contributed by atoms with Gasteiger partial charge in [0.05, 0.1) is 0 Å². The molecule has 2 saturated heterocycles. The number of nitrogens with zero attached hydrogens (tertiary/aromatic N) is 1. The van der Waals surface area contributed by atoms with E-state index in [0.717, 1.165) is 31.2 Å². The summed E-state index contributed by atoms with van der Waals surface area (Å²) >= 11 is 0. The molecular formula is C14H26N2O. The van der Waals surface area contributed by atoms with Gasteiger partial charge in [-0.05, 0) is 57.5 Å². The Morgan fingerprint density at radius 2 is 1.88 bits per heavy atom. The molecule has 1 unspecified atom stereocenters. The van der Waals surface area contributed by atoms with Crippen molar-refractivity contribution in [1.82, 2.24) is 10.2 Å². The molecule has 3 fully saturated rings. The van der Waals surface area contributed by atoms with Crippen LogP contribution < -0.4 is 5.32 Å². The van der Waals surface area contributed by atoms with E-state index in [4.69, 9.17) is 4.74 Å². The lowest BCUT2D eigenvalue weighted by Crippen LogP contribution is -2.47. The van der Waals surface area contributed by atoms with E-state index in [1.54, 1.807) is 0 Å². The van der Waals surface area contributed by atoms with Crippen LogP contribution >= 0.6 is 0 Å². The first-order valence-electron chi connectivity index (χ1n) is 7.47. The summed E-state index contributed by atoms with van der Waals surface area (Å²) in [5, 5.41) is 3.70. The molecule has 98 valence electrons. The standard InChI is InChI=1S/C14H26N2O/c1-2-12(10-15-13-3-4-13)11-16(7-1)14-5-8-17-9-6-14/h12-15H,1-11H2. The monoisotopic (exact) mass is 238 g/mol. The molecule has 0 amide bonds. The van der Waals surface area contributed by atoms with Crippen LogP contribution in [0.25, 0.3) is 0 Å². The number of nitrogens with one attached hydrogen (secondary N) is 1. The van der Waals surface area contributed by atoms with E-state index >= 15 is 0 Å². The second-order valence-electron chi connectivity index (χ2n) is 6.03. The van der Waals surface area contributed by atoms with Crippen LogP contribution in [0, 0.1) is 5.92 Å². The van der Waals surface area contributed by atoms with Crippen molar-refractivity contribution in [3.63, 3.8) is 0 Å². The maximum Gasteiger partial charge on any atom is 0.0480 e. The average molecular weight is 238 g/mol. The lowest BCUT2D eigenvalue weighted by molar-refractivity contribution is 0.0178. The van der Waals surface area contributed by atoms with Gasteiger partial charge in [-0.3, -0.25) is 4.90 Å². The smallest absolute Gasteiger partial charge is 0.0480 e. The first-order valence-corrected chi connectivity index (χ1v) is 7.47. The number of ether oxygens (including phenoxy) is 1. The molecule has 1 N–H and O–H groups in total. The van der Waals surface area contributed by atoms with E-state index in [9.17, 15) is 0 Å². The van der Waals surface area contributed by atoms with Crippen molar-refractivity contribution < 1.29 is 4.74 Å². The molecule has 0 radical (unpaired) electrons. The zero-order valence-corrected chi connectivity index (χ0v) is 10.9. The lowest BCUT2D eigenvalue weighted by atomic mass is 9.94. The largest absolute Gasteiger partial charge is 0.381 e. The van der Waals surface area contributed by atoms with Crippen molar-refractivity contribution in [3.05, 3.63) is 0 Å². The summed E-state index contributed by atoms with van der Waals surface area (Å²) in [5.41, 5.74) is 0. The third-order valence-corrected chi connectivity index (χ3v) is 4.53. The lowest BCUT2D eigenvalue weighted by Gasteiger charge is -2.40. The SMILES string of the molecule is C1CC(CNC2CC2)CN(C2CCOCC2)C1. The van der Waals surface area contributed by atoms with Crippen molar-refractivity contribution in [1.29, 1.82) is 0 Å². The van der Waals surface area contributed by atoms with Gasteiger partial charge >= 0.3 is 0 Å². The van der Waals surface area contributed by atoms with Gasteiger partial charge in [0.25, 0.3) is 0 Å². The van der Waals surface area contributed by atoms with Crippen LogP contribution in [0.3, 0.4) is 0 Å². The van der Waals surface area contributed by atoms with Crippen molar-refractivity contribution >= 4 is 0 Å². The number of likely N-dealkylation sites (tertiary alicyclic amines) is 1. The topological polar surface area (TPSA) is 24.5 Å². The third kappa shape index (κ3) is 3.43. The van der Waals surface area contributed by atoms with Crippen LogP contribution in [0.4, 0.5) is 0 Å². The zero-order valence-electron chi connectivity index (χ0n) is 10.9. The average Bonchev–Trinajstić information content (AvgIpc) is 3.22. The fraction of sp³-hybridized carbons (Fsp3) is 1.00. The number of hydrogen-bond donors (Lipinski definition) is 1. The van der Waals surface area contributed by atoms with Gasteiger partial charge < -0.3 is 10.1 Å². The fourth-order valence-electron chi connectivity index (χ4n) is 3.27. The molecule has 0 aromatic carbocycles. The summed E-state index contributed by atoms with van der Waals surface area (Å²) in [6.07, 6.45) is 8.16. The van der Waals surface area contributed by atoms with Crippen LogP contribution in [-0.2, 0) is 4.74 Å². The molecule has 2 heterocycles. The van der Waals surface area contributed by atoms with E-state index in [1.165, 1.54) is 58.2 Å². The fourth-order valence-corrected chi connectivity index (χ4v) is 3.27. The van der Waals surface area contributed by atoms with Gasteiger partial charge in [0.2, 0.25) is 0 Å². The molecule has 0 spiro atoms. The van der Waals surface area contributed by atoms with Crippen LogP contribution in [0.5, 0.6) is 0 Å². The molecule has 3 heteroatoms. The van der Waals surface area contributed by atoms with Gasteiger partial charge in [0.15, 0.2) is 0 Å². The predicted octanol–water partition coefficient (Wildman–Crippen LogP) is 1.63. The van der Waals surface area contributed by atoms with Crippen LogP contribution in [0.1, 0.15) is 38.5 Å². The third-order valence-electron chi connectivity index (χ3n) is 4.53. The highest BCUT2D eigenvalue weighted by molar-refractivity contribution is 4.85. The highest BCUT2D eigenvalue weighted by Crippen LogP contribution is 2.24. The number of piperidine rings is 1. The second-order valence-corrected chi connectivity index (χ2v) is 6.03. The molecule has 1 atom stereocenters. The molecule has 0 aromatic heterocycles. The maximum atomic E-state index is 5.47. The summed E-state index contributed by atoms with van der Waals surface area (Å²) in [7, 11) is 0. The van der Waals surface area contributed by atoms with Crippen molar-refractivity contribution in [2.75, 3.05) is 32.8 Å². The molecule has 2 aliphatic heterocycles. The minimum Gasteiger partial charge on any atom is -0.381 e. The first-order chi connectivity index (χ1) is 8.42. The summed E-state index contributed by atoms with van der Waals surface area (Å²) < 4.78 is 5.47. The molecule has 17 heavy (non-hydrogen) atoms. The molecule has 3 rings (SSSR count). The molecular weight excluding hydrogens is 212 g/mol. The minimum absolute atomic E-state index is 0.812. The van der Waals surface area contributed by atoms with Gasteiger partial charge in [0, 0.05) is 31.8 Å². The van der Waals surface area contributed by atoms with Gasteiger partial charge in [-0.15, -0.1) is 0 Å². The summed E-state index contributed by atoms with van der Waals surface area (Å²) in [5.74, 6) is 0.896. The summed E-state index contributed by atoms with van der Waals surface area (Å²) in [4.78, 5) is 2.74. The van der Waals surface area contributed by atoms with Crippen molar-refractivity contribution in [2.45, 2.75) is 50.6 Å². The Hall–Kier alpha value is -0.120. The Kier molecular flexibility index (Phi) is 3.99. The first kappa shape index (κ1) is 11.9. The van der Waals surface area contributed by atoms with Gasteiger partial charge in [-0.2, -0.15) is 0 Å². The Balaban J connectivity index is 1.44. The Morgan fingerprint density at radius 3 is 2.65 bits per heavy atom. The van der Waals surface area contributed by atoms with Gasteiger partial charge in [0.1, 0.15) is 0 Å². The molecule has 1 aliphatic carbocycles. The van der Waals surface area contributed by atoms with Crippen LogP contribution in [0.2, 0.25) is 0 Å². The predicted molar refractivity (Wildman–Crippen MR) is 69.2 cm³/mol. The molecule has 3 aliphatic rings. The summed E-state index contributed by atoms with van der Waals surface area (Å²) in [6.45, 7) is 5.86.